The molecule has 5 nitrogen and oxygen atoms in total. The van der Waals surface area contributed by atoms with E-state index in [1.165, 1.54) is 4.88 Å². The quantitative estimate of drug-likeness (QED) is 0.577. The van der Waals surface area contributed by atoms with E-state index in [0.29, 0.717) is 18.4 Å². The molecule has 27 heavy (non-hydrogen) atoms. The van der Waals surface area contributed by atoms with Gasteiger partial charge < -0.3 is 14.4 Å². The van der Waals surface area contributed by atoms with Gasteiger partial charge in [0.05, 0.1) is 0 Å². The lowest BCUT2D eigenvalue weighted by atomic mass is 9.85. The fraction of sp³-hybridized carbons (Fsp3) is 0.524. The Morgan fingerprint density at radius 3 is 2.67 bits per heavy atom. The Bertz CT molecular complexity index is 801. The SMILES string of the molecule is Cc1cc(C(=O)COC(=O)C2(O)CCCCC2)c(C)n1CCc1cccs1. The van der Waals surface area contributed by atoms with E-state index in [9.17, 15) is 14.7 Å². The summed E-state index contributed by atoms with van der Waals surface area (Å²) in [4.78, 5) is 26.1. The minimum absolute atomic E-state index is 0.224. The molecule has 6 heteroatoms. The van der Waals surface area contributed by atoms with Gasteiger partial charge in [-0.15, -0.1) is 11.3 Å². The second-order valence-electron chi connectivity index (χ2n) is 7.36. The van der Waals surface area contributed by atoms with Crippen molar-refractivity contribution in [2.45, 2.75) is 64.5 Å². The number of rotatable bonds is 7. The van der Waals surface area contributed by atoms with Crippen LogP contribution in [0.2, 0.25) is 0 Å². The fourth-order valence-electron chi connectivity index (χ4n) is 3.79. The third-order valence-corrected chi connectivity index (χ3v) is 6.37. The largest absolute Gasteiger partial charge is 0.455 e. The smallest absolute Gasteiger partial charge is 0.338 e. The van der Waals surface area contributed by atoms with Crippen LogP contribution in [0.25, 0.3) is 0 Å². The summed E-state index contributed by atoms with van der Waals surface area (Å²) < 4.78 is 7.31. The van der Waals surface area contributed by atoms with Gasteiger partial charge in [-0.05, 0) is 63.5 Å². The van der Waals surface area contributed by atoms with Gasteiger partial charge in [-0.2, -0.15) is 0 Å². The van der Waals surface area contributed by atoms with Crippen LogP contribution in [-0.2, 0) is 22.5 Å². The van der Waals surface area contributed by atoms with Crippen LogP contribution in [-0.4, -0.2) is 33.6 Å². The molecule has 1 aliphatic rings. The van der Waals surface area contributed by atoms with Crippen molar-refractivity contribution >= 4 is 23.1 Å². The molecule has 0 radical (unpaired) electrons. The predicted octanol–water partition coefficient (Wildman–Crippen LogP) is 3.83. The highest BCUT2D eigenvalue weighted by atomic mass is 32.1. The molecule has 0 saturated heterocycles. The van der Waals surface area contributed by atoms with Crippen molar-refractivity contribution in [3.8, 4) is 0 Å². The fourth-order valence-corrected chi connectivity index (χ4v) is 4.49. The first-order chi connectivity index (χ1) is 12.9. The summed E-state index contributed by atoms with van der Waals surface area (Å²) in [5.74, 6) is -0.889. The Balaban J connectivity index is 1.61. The van der Waals surface area contributed by atoms with E-state index in [1.54, 1.807) is 11.3 Å². The normalized spacial score (nSPS) is 16.3. The molecule has 0 spiro atoms. The molecular formula is C21H27NO4S. The average Bonchev–Trinajstić information content (AvgIpc) is 3.26. The molecule has 2 aromatic rings. The molecule has 0 amide bonds. The van der Waals surface area contributed by atoms with E-state index in [0.717, 1.165) is 43.6 Å². The maximum absolute atomic E-state index is 12.6. The number of hydrogen-bond donors (Lipinski definition) is 1. The molecule has 3 rings (SSSR count). The van der Waals surface area contributed by atoms with Crippen molar-refractivity contribution in [3.05, 3.63) is 45.4 Å². The number of Topliss-reactive ketones (excluding diaryl/α,β-unsaturated/α-hetero) is 1. The summed E-state index contributed by atoms with van der Waals surface area (Å²) >= 11 is 1.73. The van der Waals surface area contributed by atoms with Crippen molar-refractivity contribution in [2.75, 3.05) is 6.61 Å². The molecular weight excluding hydrogens is 362 g/mol. The number of thiophene rings is 1. The highest BCUT2D eigenvalue weighted by Gasteiger charge is 2.39. The van der Waals surface area contributed by atoms with Crippen molar-refractivity contribution in [2.24, 2.45) is 0 Å². The first-order valence-corrected chi connectivity index (χ1v) is 10.4. The lowest BCUT2D eigenvalue weighted by Crippen LogP contribution is -2.42. The second-order valence-corrected chi connectivity index (χ2v) is 8.39. The van der Waals surface area contributed by atoms with Crippen LogP contribution in [0.3, 0.4) is 0 Å². The summed E-state index contributed by atoms with van der Waals surface area (Å²) in [6, 6.07) is 6.01. The maximum atomic E-state index is 12.6. The molecule has 1 aliphatic carbocycles. The van der Waals surface area contributed by atoms with E-state index in [4.69, 9.17) is 4.74 Å². The first-order valence-electron chi connectivity index (χ1n) is 9.52. The lowest BCUT2D eigenvalue weighted by Gasteiger charge is -2.29. The van der Waals surface area contributed by atoms with Gasteiger partial charge in [0, 0.05) is 28.4 Å². The van der Waals surface area contributed by atoms with E-state index in [1.807, 2.05) is 26.0 Å². The first kappa shape index (κ1) is 19.8. The van der Waals surface area contributed by atoms with Gasteiger partial charge in [0.15, 0.2) is 12.2 Å². The number of aryl methyl sites for hydroxylation is 2. The minimum Gasteiger partial charge on any atom is -0.455 e. The number of aromatic nitrogens is 1. The monoisotopic (exact) mass is 389 g/mol. The second kappa shape index (κ2) is 8.40. The van der Waals surface area contributed by atoms with Gasteiger partial charge >= 0.3 is 5.97 Å². The number of hydrogen-bond acceptors (Lipinski definition) is 5. The highest BCUT2D eigenvalue weighted by molar-refractivity contribution is 7.09. The molecule has 2 heterocycles. The lowest BCUT2D eigenvalue weighted by molar-refractivity contribution is -0.167. The van der Waals surface area contributed by atoms with Crippen LogP contribution >= 0.6 is 11.3 Å². The van der Waals surface area contributed by atoms with Crippen LogP contribution in [0.5, 0.6) is 0 Å². The summed E-state index contributed by atoms with van der Waals surface area (Å²) in [6.45, 7) is 4.39. The number of carbonyl (C=O) groups excluding carboxylic acids is 2. The standard InChI is InChI=1S/C21H27NO4S/c1-15-13-18(16(2)22(15)11-8-17-7-6-12-27-17)19(23)14-26-20(24)21(25)9-4-3-5-10-21/h6-7,12-13,25H,3-5,8-11,14H2,1-2H3. The van der Waals surface area contributed by atoms with E-state index >= 15 is 0 Å². The van der Waals surface area contributed by atoms with E-state index < -0.39 is 11.6 Å². The molecule has 0 atom stereocenters. The van der Waals surface area contributed by atoms with Crippen LogP contribution in [0.1, 0.15) is 58.7 Å². The van der Waals surface area contributed by atoms with Crippen molar-refractivity contribution in [1.82, 2.24) is 4.57 Å². The third-order valence-electron chi connectivity index (χ3n) is 5.43. The molecule has 146 valence electrons. The molecule has 0 unspecified atom stereocenters. The summed E-state index contributed by atoms with van der Waals surface area (Å²) in [7, 11) is 0. The molecule has 0 aliphatic heterocycles. The van der Waals surface area contributed by atoms with Crippen molar-refractivity contribution < 1.29 is 19.4 Å². The zero-order chi connectivity index (χ0) is 19.4. The summed E-state index contributed by atoms with van der Waals surface area (Å²) in [6.07, 6.45) is 4.39. The Morgan fingerprint density at radius 1 is 1.26 bits per heavy atom. The number of esters is 1. The Kier molecular flexibility index (Phi) is 6.17. The van der Waals surface area contributed by atoms with Gasteiger partial charge in [0.2, 0.25) is 5.78 Å². The van der Waals surface area contributed by atoms with E-state index in [-0.39, 0.29) is 12.4 Å². The summed E-state index contributed by atoms with van der Waals surface area (Å²) in [5.41, 5.74) is 1.07. The number of carbonyl (C=O) groups is 2. The zero-order valence-electron chi connectivity index (χ0n) is 16.0. The van der Waals surface area contributed by atoms with Crippen molar-refractivity contribution in [3.63, 3.8) is 0 Å². The average molecular weight is 390 g/mol. The molecule has 0 bridgehead atoms. The number of ketones is 1. The Morgan fingerprint density at radius 2 is 2.00 bits per heavy atom. The Labute approximate surface area is 164 Å². The summed E-state index contributed by atoms with van der Waals surface area (Å²) in [5, 5.41) is 12.5. The Hall–Kier alpha value is -1.92. The molecule has 1 fully saturated rings. The van der Waals surface area contributed by atoms with Crippen LogP contribution in [0.15, 0.2) is 23.6 Å². The molecule has 1 saturated carbocycles. The minimum atomic E-state index is -1.42. The topological polar surface area (TPSA) is 68.5 Å². The van der Waals surface area contributed by atoms with Crippen molar-refractivity contribution in [1.29, 1.82) is 0 Å². The van der Waals surface area contributed by atoms with Crippen LogP contribution in [0, 0.1) is 13.8 Å². The van der Waals surface area contributed by atoms with Crippen LogP contribution < -0.4 is 0 Å². The number of nitrogens with zero attached hydrogens (tertiary/aromatic N) is 1. The predicted molar refractivity (Wildman–Crippen MR) is 105 cm³/mol. The molecule has 0 aromatic carbocycles. The van der Waals surface area contributed by atoms with Gasteiger partial charge in [0.1, 0.15) is 0 Å². The number of ether oxygens (including phenoxy) is 1. The van der Waals surface area contributed by atoms with Gasteiger partial charge in [-0.1, -0.05) is 12.5 Å². The highest BCUT2D eigenvalue weighted by Crippen LogP contribution is 2.29. The molecule has 1 N–H and O–H groups in total. The van der Waals surface area contributed by atoms with Crippen LogP contribution in [0.4, 0.5) is 0 Å². The van der Waals surface area contributed by atoms with E-state index in [2.05, 4.69) is 16.0 Å². The van der Waals surface area contributed by atoms with Gasteiger partial charge in [0.25, 0.3) is 0 Å². The maximum Gasteiger partial charge on any atom is 0.338 e. The number of aliphatic hydroxyl groups is 1. The third kappa shape index (κ3) is 4.50. The zero-order valence-corrected chi connectivity index (χ0v) is 16.8. The van der Waals surface area contributed by atoms with Gasteiger partial charge in [-0.25, -0.2) is 4.79 Å². The molecule has 2 aromatic heterocycles. The van der Waals surface area contributed by atoms with Gasteiger partial charge in [-0.3, -0.25) is 4.79 Å².